The van der Waals surface area contributed by atoms with Gasteiger partial charge in [-0.15, -0.1) is 0 Å². The van der Waals surface area contributed by atoms with Crippen LogP contribution in [0.2, 0.25) is 0 Å². The smallest absolute Gasteiger partial charge is 0.187 e. The summed E-state index contributed by atoms with van der Waals surface area (Å²) in [4.78, 5) is 0. The Hall–Kier alpha value is -2.14. The standard InChI is InChI=1S/C16H17F2NO2/c1-10(12-3-5-13(21-2)6-4-12)19-9-11-7-14(17)16(20)15(18)8-11/h3-8,10,19-20H,9H2,1-2H3/t10-/m1/s1. The third-order valence-electron chi connectivity index (χ3n) is 3.30. The molecule has 0 radical (unpaired) electrons. The van der Waals surface area contributed by atoms with Crippen molar-refractivity contribution in [3.63, 3.8) is 0 Å². The van der Waals surface area contributed by atoms with Gasteiger partial charge in [-0.3, -0.25) is 0 Å². The molecule has 0 amide bonds. The van der Waals surface area contributed by atoms with Crippen LogP contribution in [0.25, 0.3) is 0 Å². The van der Waals surface area contributed by atoms with E-state index in [1.54, 1.807) is 7.11 Å². The maximum absolute atomic E-state index is 13.2. The van der Waals surface area contributed by atoms with Crippen LogP contribution in [0.15, 0.2) is 36.4 Å². The number of aromatic hydroxyl groups is 1. The molecule has 0 aromatic heterocycles. The molecule has 1 atom stereocenters. The molecule has 0 fully saturated rings. The lowest BCUT2D eigenvalue weighted by molar-refractivity contribution is 0.394. The number of ether oxygens (including phenoxy) is 1. The molecule has 0 heterocycles. The average molecular weight is 293 g/mol. The second kappa shape index (κ2) is 6.54. The molecular formula is C16H17F2NO2. The van der Waals surface area contributed by atoms with Gasteiger partial charge < -0.3 is 15.2 Å². The van der Waals surface area contributed by atoms with Gasteiger partial charge in [-0.25, -0.2) is 8.78 Å². The lowest BCUT2D eigenvalue weighted by Gasteiger charge is -2.15. The highest BCUT2D eigenvalue weighted by atomic mass is 19.1. The average Bonchev–Trinajstić information content (AvgIpc) is 2.50. The number of hydrogen-bond acceptors (Lipinski definition) is 3. The van der Waals surface area contributed by atoms with E-state index in [0.29, 0.717) is 12.1 Å². The number of methoxy groups -OCH3 is 1. The summed E-state index contributed by atoms with van der Waals surface area (Å²) in [7, 11) is 1.60. The molecule has 0 saturated heterocycles. The summed E-state index contributed by atoms with van der Waals surface area (Å²) >= 11 is 0. The Labute approximate surface area is 122 Å². The SMILES string of the molecule is COc1ccc([C@@H](C)NCc2cc(F)c(O)c(F)c2)cc1. The maximum atomic E-state index is 13.2. The van der Waals surface area contributed by atoms with Crippen molar-refractivity contribution in [3.05, 3.63) is 59.2 Å². The summed E-state index contributed by atoms with van der Waals surface area (Å²) in [6.45, 7) is 2.25. The molecule has 21 heavy (non-hydrogen) atoms. The monoisotopic (exact) mass is 293 g/mol. The van der Waals surface area contributed by atoms with Gasteiger partial charge in [0.2, 0.25) is 0 Å². The molecule has 0 saturated carbocycles. The summed E-state index contributed by atoms with van der Waals surface area (Å²) in [5.74, 6) is -2.08. The van der Waals surface area contributed by atoms with Gasteiger partial charge in [-0.1, -0.05) is 12.1 Å². The molecule has 0 unspecified atom stereocenters. The Morgan fingerprint density at radius 3 is 2.24 bits per heavy atom. The topological polar surface area (TPSA) is 41.5 Å². The molecule has 0 bridgehead atoms. The van der Waals surface area contributed by atoms with Crippen molar-refractivity contribution < 1.29 is 18.6 Å². The van der Waals surface area contributed by atoms with Crippen LogP contribution >= 0.6 is 0 Å². The first-order chi connectivity index (χ1) is 10.0. The van der Waals surface area contributed by atoms with E-state index in [9.17, 15) is 8.78 Å². The van der Waals surface area contributed by atoms with Gasteiger partial charge in [0.05, 0.1) is 7.11 Å². The van der Waals surface area contributed by atoms with Gasteiger partial charge in [0.25, 0.3) is 0 Å². The zero-order valence-corrected chi connectivity index (χ0v) is 11.9. The normalized spacial score (nSPS) is 12.2. The Kier molecular flexibility index (Phi) is 4.75. The number of nitrogens with one attached hydrogen (secondary N) is 1. The molecular weight excluding hydrogens is 276 g/mol. The number of halogens is 2. The fraction of sp³-hybridized carbons (Fsp3) is 0.250. The van der Waals surface area contributed by atoms with Gasteiger partial charge in [0, 0.05) is 12.6 Å². The van der Waals surface area contributed by atoms with Crippen LogP contribution in [-0.4, -0.2) is 12.2 Å². The van der Waals surface area contributed by atoms with E-state index < -0.39 is 17.4 Å². The van der Waals surface area contributed by atoms with Crippen LogP contribution in [0.1, 0.15) is 24.1 Å². The molecule has 0 aliphatic carbocycles. The predicted molar refractivity (Wildman–Crippen MR) is 76.3 cm³/mol. The molecule has 0 aliphatic rings. The van der Waals surface area contributed by atoms with E-state index in [2.05, 4.69) is 5.32 Å². The lowest BCUT2D eigenvalue weighted by Crippen LogP contribution is -2.18. The Morgan fingerprint density at radius 2 is 1.71 bits per heavy atom. The van der Waals surface area contributed by atoms with Crippen molar-refractivity contribution in [2.45, 2.75) is 19.5 Å². The molecule has 2 rings (SSSR count). The molecule has 112 valence electrons. The molecule has 2 aromatic rings. The maximum Gasteiger partial charge on any atom is 0.187 e. The van der Waals surface area contributed by atoms with Gasteiger partial charge in [0.15, 0.2) is 17.4 Å². The minimum absolute atomic E-state index is 0.0100. The second-order valence-electron chi connectivity index (χ2n) is 4.78. The van der Waals surface area contributed by atoms with E-state index in [4.69, 9.17) is 9.84 Å². The highest BCUT2D eigenvalue weighted by Gasteiger charge is 2.11. The van der Waals surface area contributed by atoms with Crippen molar-refractivity contribution in [1.29, 1.82) is 0 Å². The summed E-state index contributed by atoms with van der Waals surface area (Å²) in [6, 6.07) is 9.80. The van der Waals surface area contributed by atoms with Crippen LogP contribution in [0.3, 0.4) is 0 Å². The summed E-state index contributed by atoms with van der Waals surface area (Å²) in [6.07, 6.45) is 0. The Morgan fingerprint density at radius 1 is 1.14 bits per heavy atom. The fourth-order valence-electron chi connectivity index (χ4n) is 2.00. The number of benzene rings is 2. The first kappa shape index (κ1) is 15.3. The largest absolute Gasteiger partial charge is 0.503 e. The van der Waals surface area contributed by atoms with Crippen LogP contribution in [0.5, 0.6) is 11.5 Å². The molecule has 0 aliphatic heterocycles. The summed E-state index contributed by atoms with van der Waals surface area (Å²) in [5.41, 5.74) is 1.47. The molecule has 0 spiro atoms. The number of hydrogen-bond donors (Lipinski definition) is 2. The molecule has 5 heteroatoms. The van der Waals surface area contributed by atoms with Crippen molar-refractivity contribution in [1.82, 2.24) is 5.32 Å². The molecule has 3 nitrogen and oxygen atoms in total. The molecule has 2 aromatic carbocycles. The third kappa shape index (κ3) is 3.70. The number of phenolic OH excluding ortho intramolecular Hbond substituents is 1. The first-order valence-corrected chi connectivity index (χ1v) is 6.55. The van der Waals surface area contributed by atoms with Crippen LogP contribution in [0.4, 0.5) is 8.78 Å². The van der Waals surface area contributed by atoms with Crippen molar-refractivity contribution >= 4 is 0 Å². The second-order valence-corrected chi connectivity index (χ2v) is 4.78. The number of rotatable bonds is 5. The lowest BCUT2D eigenvalue weighted by atomic mass is 10.1. The van der Waals surface area contributed by atoms with Crippen LogP contribution in [-0.2, 0) is 6.54 Å². The fourth-order valence-corrected chi connectivity index (χ4v) is 2.00. The minimum atomic E-state index is -0.955. The Bertz CT molecular complexity index is 591. The van der Waals surface area contributed by atoms with E-state index in [0.717, 1.165) is 23.4 Å². The highest BCUT2D eigenvalue weighted by Crippen LogP contribution is 2.22. The minimum Gasteiger partial charge on any atom is -0.503 e. The van der Waals surface area contributed by atoms with Crippen molar-refractivity contribution in [3.8, 4) is 11.5 Å². The quantitative estimate of drug-likeness (QED) is 0.886. The summed E-state index contributed by atoms with van der Waals surface area (Å²) < 4.78 is 31.6. The van der Waals surface area contributed by atoms with Gasteiger partial charge >= 0.3 is 0 Å². The zero-order chi connectivity index (χ0) is 15.4. The van der Waals surface area contributed by atoms with E-state index in [1.807, 2.05) is 31.2 Å². The van der Waals surface area contributed by atoms with E-state index in [1.165, 1.54) is 0 Å². The molecule has 2 N–H and O–H groups in total. The van der Waals surface area contributed by atoms with Gasteiger partial charge in [-0.2, -0.15) is 0 Å². The van der Waals surface area contributed by atoms with Crippen LogP contribution in [0, 0.1) is 11.6 Å². The van der Waals surface area contributed by atoms with E-state index in [-0.39, 0.29) is 6.04 Å². The van der Waals surface area contributed by atoms with E-state index >= 15 is 0 Å². The highest BCUT2D eigenvalue weighted by molar-refractivity contribution is 5.31. The van der Waals surface area contributed by atoms with Crippen molar-refractivity contribution in [2.24, 2.45) is 0 Å². The first-order valence-electron chi connectivity index (χ1n) is 6.55. The number of phenols is 1. The Balaban J connectivity index is 2.01. The van der Waals surface area contributed by atoms with Crippen molar-refractivity contribution in [2.75, 3.05) is 7.11 Å². The van der Waals surface area contributed by atoms with Crippen LogP contribution < -0.4 is 10.1 Å². The van der Waals surface area contributed by atoms with Gasteiger partial charge in [-0.05, 0) is 42.3 Å². The zero-order valence-electron chi connectivity index (χ0n) is 11.9. The summed E-state index contributed by atoms with van der Waals surface area (Å²) in [5, 5.41) is 12.2. The third-order valence-corrected chi connectivity index (χ3v) is 3.30. The predicted octanol–water partition coefficient (Wildman–Crippen LogP) is 3.53. The van der Waals surface area contributed by atoms with Gasteiger partial charge in [0.1, 0.15) is 5.75 Å².